The second-order valence-corrected chi connectivity index (χ2v) is 8.69. The number of hydrogen-bond acceptors (Lipinski definition) is 7. The Labute approximate surface area is 194 Å². The zero-order chi connectivity index (χ0) is 24.0. The molecule has 1 aromatic carbocycles. The zero-order valence-electron chi connectivity index (χ0n) is 17.8. The number of alkyl halides is 3. The molecule has 0 atom stereocenters. The summed E-state index contributed by atoms with van der Waals surface area (Å²) in [5, 5.41) is 8.01. The number of nitrogens with one attached hydrogen (secondary N) is 1. The molecule has 1 aliphatic heterocycles. The lowest BCUT2D eigenvalue weighted by atomic mass is 10.1. The summed E-state index contributed by atoms with van der Waals surface area (Å²) in [5.74, 6) is -1.41. The number of hydrogen-bond donors (Lipinski definition) is 1. The molecule has 5 rings (SSSR count). The number of aryl methyl sites for hydroxylation is 1. The molecule has 4 heterocycles. The third kappa shape index (κ3) is 4.27. The molecule has 7 nitrogen and oxygen atoms in total. The van der Waals surface area contributed by atoms with Gasteiger partial charge in [-0.15, -0.1) is 5.10 Å². The Balaban J connectivity index is 1.43. The fraction of sp³-hybridized carbons (Fsp3) is 0.333. The van der Waals surface area contributed by atoms with E-state index in [1.807, 2.05) is 6.92 Å². The normalized spacial score (nSPS) is 15.3. The Morgan fingerprint density at radius 3 is 2.44 bits per heavy atom. The first-order valence-corrected chi connectivity index (χ1v) is 11.2. The van der Waals surface area contributed by atoms with Crippen LogP contribution in [0, 0.1) is 18.6 Å². The Morgan fingerprint density at radius 2 is 1.79 bits per heavy atom. The number of aromatic nitrogens is 5. The van der Waals surface area contributed by atoms with Gasteiger partial charge in [0, 0.05) is 36.2 Å². The quantitative estimate of drug-likeness (QED) is 0.405. The molecule has 0 bridgehead atoms. The maximum absolute atomic E-state index is 13.8. The molecule has 0 spiro atoms. The first-order valence-electron chi connectivity index (χ1n) is 10.4. The van der Waals surface area contributed by atoms with Gasteiger partial charge >= 0.3 is 6.18 Å². The molecule has 0 unspecified atom stereocenters. The van der Waals surface area contributed by atoms with E-state index in [4.69, 9.17) is 0 Å². The third-order valence-electron chi connectivity index (χ3n) is 5.62. The molecule has 3 aromatic heterocycles. The van der Waals surface area contributed by atoms with Crippen LogP contribution in [0.4, 0.5) is 33.0 Å². The average Bonchev–Trinajstić information content (AvgIpc) is 3.41. The Bertz CT molecular complexity index is 1340. The van der Waals surface area contributed by atoms with Gasteiger partial charge in [0.2, 0.25) is 11.1 Å². The highest BCUT2D eigenvalue weighted by Crippen LogP contribution is 2.34. The van der Waals surface area contributed by atoms with E-state index >= 15 is 0 Å². The van der Waals surface area contributed by atoms with Crippen molar-refractivity contribution in [1.29, 1.82) is 0 Å². The molecule has 13 heteroatoms. The van der Waals surface area contributed by atoms with Gasteiger partial charge in [0.25, 0.3) is 0 Å². The lowest BCUT2D eigenvalue weighted by Crippen LogP contribution is -2.39. The summed E-state index contributed by atoms with van der Waals surface area (Å²) in [7, 11) is 0. The van der Waals surface area contributed by atoms with E-state index in [2.05, 4.69) is 29.7 Å². The predicted octanol–water partition coefficient (Wildman–Crippen LogP) is 4.93. The number of piperidine rings is 1. The molecule has 1 saturated heterocycles. The Hall–Kier alpha value is -3.35. The number of nitrogens with zero attached hydrogens (tertiary/aromatic N) is 6. The van der Waals surface area contributed by atoms with Crippen LogP contribution in [0.15, 0.2) is 30.3 Å². The van der Waals surface area contributed by atoms with Crippen LogP contribution < -0.4 is 10.2 Å². The summed E-state index contributed by atoms with van der Waals surface area (Å²) in [4.78, 5) is 10.8. The average molecular weight is 495 g/mol. The van der Waals surface area contributed by atoms with Crippen molar-refractivity contribution in [1.82, 2.24) is 24.0 Å². The van der Waals surface area contributed by atoms with Crippen molar-refractivity contribution in [3.63, 3.8) is 0 Å². The van der Waals surface area contributed by atoms with Crippen molar-refractivity contribution in [2.24, 2.45) is 0 Å². The molecule has 0 radical (unpaired) electrons. The van der Waals surface area contributed by atoms with Gasteiger partial charge in [0.1, 0.15) is 11.5 Å². The number of anilines is 2. The van der Waals surface area contributed by atoms with Crippen molar-refractivity contribution in [2.75, 3.05) is 23.3 Å². The maximum atomic E-state index is 13.8. The van der Waals surface area contributed by atoms with Crippen molar-refractivity contribution < 1.29 is 22.0 Å². The number of benzene rings is 1. The summed E-state index contributed by atoms with van der Waals surface area (Å²) >= 11 is 1.33. The van der Waals surface area contributed by atoms with Crippen LogP contribution in [0.25, 0.3) is 16.8 Å². The summed E-state index contributed by atoms with van der Waals surface area (Å²) < 4.78 is 72.9. The van der Waals surface area contributed by atoms with Crippen LogP contribution in [0.3, 0.4) is 0 Å². The SMILES string of the molecule is Cc1nsc(N2CCC(Nc3nc4c(-c5ccc(F)c(F)c5)ccc(C(F)(F)F)n4n3)CC2)n1. The second kappa shape index (κ2) is 8.46. The van der Waals surface area contributed by atoms with Crippen molar-refractivity contribution in [3.05, 3.63) is 53.5 Å². The lowest BCUT2D eigenvalue weighted by Gasteiger charge is -2.31. The minimum absolute atomic E-state index is 0.0331. The van der Waals surface area contributed by atoms with Crippen molar-refractivity contribution in [2.45, 2.75) is 32.0 Å². The fourth-order valence-corrected chi connectivity index (χ4v) is 4.66. The number of pyridine rings is 1. The van der Waals surface area contributed by atoms with Crippen molar-refractivity contribution >= 4 is 28.3 Å². The molecule has 1 fully saturated rings. The van der Waals surface area contributed by atoms with Gasteiger partial charge < -0.3 is 10.2 Å². The number of rotatable bonds is 4. The van der Waals surface area contributed by atoms with E-state index in [1.165, 1.54) is 23.7 Å². The highest BCUT2D eigenvalue weighted by atomic mass is 32.1. The Kier molecular flexibility index (Phi) is 5.58. The molecular weight excluding hydrogens is 477 g/mol. The summed E-state index contributed by atoms with van der Waals surface area (Å²) in [6.45, 7) is 3.23. The van der Waals surface area contributed by atoms with E-state index in [0.29, 0.717) is 36.3 Å². The molecule has 0 saturated carbocycles. The number of halogens is 5. The highest BCUT2D eigenvalue weighted by Gasteiger charge is 2.35. The second-order valence-electron chi connectivity index (χ2n) is 7.96. The monoisotopic (exact) mass is 495 g/mol. The molecule has 0 amide bonds. The topological polar surface area (TPSA) is 71.2 Å². The van der Waals surface area contributed by atoms with Crippen molar-refractivity contribution in [3.8, 4) is 11.1 Å². The molecule has 4 aromatic rings. The third-order valence-corrected chi connectivity index (χ3v) is 6.49. The van der Waals surface area contributed by atoms with Gasteiger partial charge in [0.15, 0.2) is 17.3 Å². The van der Waals surface area contributed by atoms with Crippen LogP contribution in [-0.2, 0) is 6.18 Å². The van der Waals surface area contributed by atoms with Crippen LogP contribution in [0.2, 0.25) is 0 Å². The molecule has 178 valence electrons. The predicted molar refractivity (Wildman–Crippen MR) is 117 cm³/mol. The minimum Gasteiger partial charge on any atom is -0.350 e. The first kappa shape index (κ1) is 22.4. The van der Waals surface area contributed by atoms with E-state index in [-0.39, 0.29) is 28.8 Å². The summed E-state index contributed by atoms with van der Waals surface area (Å²) in [5.41, 5.74) is -0.730. The standard InChI is InChI=1S/C21H18F5N7S/c1-11-27-20(34-31-11)32-8-6-13(7-9-32)28-19-29-18-14(12-2-4-15(22)16(23)10-12)3-5-17(21(24,25)26)33(18)30-19/h2-5,10,13H,6-9H2,1H3,(H,28,30). The lowest BCUT2D eigenvalue weighted by molar-refractivity contribution is -0.142. The molecular formula is C21H18F5N7S. The highest BCUT2D eigenvalue weighted by molar-refractivity contribution is 7.09. The van der Waals surface area contributed by atoms with Crippen LogP contribution in [-0.4, -0.2) is 43.1 Å². The maximum Gasteiger partial charge on any atom is 0.433 e. The van der Waals surface area contributed by atoms with Gasteiger partial charge in [0.05, 0.1) is 0 Å². The fourth-order valence-electron chi connectivity index (χ4n) is 3.94. The van der Waals surface area contributed by atoms with Gasteiger partial charge in [-0.3, -0.25) is 0 Å². The smallest absolute Gasteiger partial charge is 0.350 e. The van der Waals surface area contributed by atoms with Crippen LogP contribution in [0.1, 0.15) is 24.4 Å². The number of fused-ring (bicyclic) bond motifs is 1. The van der Waals surface area contributed by atoms with Gasteiger partial charge in [-0.2, -0.15) is 22.5 Å². The largest absolute Gasteiger partial charge is 0.433 e. The zero-order valence-corrected chi connectivity index (χ0v) is 18.6. The van der Waals surface area contributed by atoms with Gasteiger partial charge in [-0.05, 0) is 49.6 Å². The van der Waals surface area contributed by atoms with Crippen LogP contribution in [0.5, 0.6) is 0 Å². The van der Waals surface area contributed by atoms with Crippen LogP contribution >= 0.6 is 11.5 Å². The van der Waals surface area contributed by atoms with Gasteiger partial charge in [-0.1, -0.05) is 6.07 Å². The van der Waals surface area contributed by atoms with E-state index in [9.17, 15) is 22.0 Å². The van der Waals surface area contributed by atoms with Gasteiger partial charge in [-0.25, -0.2) is 18.3 Å². The molecule has 0 aliphatic carbocycles. The summed E-state index contributed by atoms with van der Waals surface area (Å²) in [6, 6.07) is 5.11. The summed E-state index contributed by atoms with van der Waals surface area (Å²) in [6.07, 6.45) is -3.27. The minimum atomic E-state index is -4.68. The Morgan fingerprint density at radius 1 is 1.03 bits per heavy atom. The molecule has 1 N–H and O–H groups in total. The first-order chi connectivity index (χ1) is 16.2. The molecule has 34 heavy (non-hydrogen) atoms. The van der Waals surface area contributed by atoms with E-state index in [0.717, 1.165) is 23.3 Å². The molecule has 1 aliphatic rings. The van der Waals surface area contributed by atoms with E-state index in [1.54, 1.807) is 0 Å². The van der Waals surface area contributed by atoms with E-state index < -0.39 is 23.5 Å².